The number of nitro groups is 1. The van der Waals surface area contributed by atoms with Crippen LogP contribution in [0.2, 0.25) is 0 Å². The Kier molecular flexibility index (Phi) is 3.34. The second-order valence-electron chi connectivity index (χ2n) is 5.57. The van der Waals surface area contributed by atoms with Crippen LogP contribution in [-0.2, 0) is 0 Å². The van der Waals surface area contributed by atoms with E-state index in [9.17, 15) is 14.9 Å². The van der Waals surface area contributed by atoms with Gasteiger partial charge in [-0.25, -0.2) is 0 Å². The second-order valence-corrected chi connectivity index (χ2v) is 5.57. The SMILES string of the molecule is O=C1C[C@@H](c2ccc3c(c2)OCCO3)Oc2ccc([N+](=O)[O-])cc21. The molecule has 4 rings (SSSR count). The Balaban J connectivity index is 1.65. The van der Waals surface area contributed by atoms with Gasteiger partial charge in [-0.3, -0.25) is 14.9 Å². The average molecular weight is 327 g/mol. The first-order chi connectivity index (χ1) is 11.6. The summed E-state index contributed by atoms with van der Waals surface area (Å²) >= 11 is 0. The van der Waals surface area contributed by atoms with Crippen molar-refractivity contribution in [2.75, 3.05) is 13.2 Å². The number of non-ortho nitro benzene ring substituents is 1. The van der Waals surface area contributed by atoms with Gasteiger partial charge in [0.25, 0.3) is 5.69 Å². The van der Waals surface area contributed by atoms with E-state index < -0.39 is 11.0 Å². The Morgan fingerprint density at radius 3 is 2.54 bits per heavy atom. The number of carbonyl (C=O) groups is 1. The van der Waals surface area contributed by atoms with Gasteiger partial charge >= 0.3 is 0 Å². The quantitative estimate of drug-likeness (QED) is 0.622. The first-order valence-electron chi connectivity index (χ1n) is 7.49. The topological polar surface area (TPSA) is 87.9 Å². The molecule has 122 valence electrons. The number of nitro benzene ring substituents is 1. The lowest BCUT2D eigenvalue weighted by molar-refractivity contribution is -0.384. The Morgan fingerprint density at radius 2 is 1.75 bits per heavy atom. The van der Waals surface area contributed by atoms with Crippen molar-refractivity contribution in [3.63, 3.8) is 0 Å². The van der Waals surface area contributed by atoms with E-state index >= 15 is 0 Å². The summed E-state index contributed by atoms with van der Waals surface area (Å²) in [6.07, 6.45) is -0.337. The number of Topliss-reactive ketones (excluding diaryl/α,β-unsaturated/α-hetero) is 1. The zero-order valence-electron chi connectivity index (χ0n) is 12.6. The molecule has 0 radical (unpaired) electrons. The molecule has 2 heterocycles. The van der Waals surface area contributed by atoms with E-state index in [-0.39, 0.29) is 23.5 Å². The lowest BCUT2D eigenvalue weighted by Crippen LogP contribution is -2.21. The Labute approximate surface area is 136 Å². The van der Waals surface area contributed by atoms with Gasteiger partial charge in [-0.15, -0.1) is 0 Å². The third-order valence-corrected chi connectivity index (χ3v) is 4.05. The van der Waals surface area contributed by atoms with Crippen molar-refractivity contribution >= 4 is 11.5 Å². The molecular weight excluding hydrogens is 314 g/mol. The summed E-state index contributed by atoms with van der Waals surface area (Å²) in [6, 6.07) is 9.50. The van der Waals surface area contributed by atoms with E-state index in [0.717, 1.165) is 5.56 Å². The first-order valence-corrected chi connectivity index (χ1v) is 7.49. The van der Waals surface area contributed by atoms with E-state index in [1.165, 1.54) is 18.2 Å². The van der Waals surface area contributed by atoms with Crippen LogP contribution >= 0.6 is 0 Å². The van der Waals surface area contributed by atoms with Gasteiger partial charge in [-0.2, -0.15) is 0 Å². The third-order valence-electron chi connectivity index (χ3n) is 4.05. The third kappa shape index (κ3) is 2.44. The highest BCUT2D eigenvalue weighted by atomic mass is 16.6. The minimum absolute atomic E-state index is 0.119. The van der Waals surface area contributed by atoms with Crippen LogP contribution in [0.4, 0.5) is 5.69 Å². The molecule has 0 fully saturated rings. The molecule has 2 aliphatic heterocycles. The summed E-state index contributed by atoms with van der Waals surface area (Å²) in [6.45, 7) is 0.990. The molecule has 0 bridgehead atoms. The van der Waals surface area contributed by atoms with E-state index in [1.807, 2.05) is 12.1 Å². The van der Waals surface area contributed by atoms with Crippen LogP contribution in [0.5, 0.6) is 17.2 Å². The lowest BCUT2D eigenvalue weighted by Gasteiger charge is -2.26. The number of hydrogen-bond donors (Lipinski definition) is 0. The smallest absolute Gasteiger partial charge is 0.270 e. The zero-order valence-corrected chi connectivity index (χ0v) is 12.6. The van der Waals surface area contributed by atoms with Crippen molar-refractivity contribution in [1.82, 2.24) is 0 Å². The minimum Gasteiger partial charge on any atom is -0.486 e. The molecule has 0 amide bonds. The summed E-state index contributed by atoms with van der Waals surface area (Å²) in [5.74, 6) is 1.48. The normalized spacial score (nSPS) is 18.5. The molecule has 24 heavy (non-hydrogen) atoms. The number of ketones is 1. The number of fused-ring (bicyclic) bond motifs is 2. The van der Waals surface area contributed by atoms with E-state index in [4.69, 9.17) is 14.2 Å². The lowest BCUT2D eigenvalue weighted by atomic mass is 9.95. The summed E-state index contributed by atoms with van der Waals surface area (Å²) in [4.78, 5) is 22.7. The van der Waals surface area contributed by atoms with Crippen molar-refractivity contribution in [1.29, 1.82) is 0 Å². The van der Waals surface area contributed by atoms with Crippen LogP contribution in [0, 0.1) is 10.1 Å². The van der Waals surface area contributed by atoms with Crippen molar-refractivity contribution in [2.45, 2.75) is 12.5 Å². The second kappa shape index (κ2) is 5.52. The maximum absolute atomic E-state index is 12.4. The van der Waals surface area contributed by atoms with Gasteiger partial charge in [-0.05, 0) is 23.8 Å². The highest BCUT2D eigenvalue weighted by molar-refractivity contribution is 6.00. The van der Waals surface area contributed by atoms with Crippen LogP contribution < -0.4 is 14.2 Å². The molecule has 7 nitrogen and oxygen atoms in total. The summed E-state index contributed by atoms with van der Waals surface area (Å²) < 4.78 is 16.9. The van der Waals surface area contributed by atoms with Crippen LogP contribution in [0.15, 0.2) is 36.4 Å². The molecule has 0 saturated carbocycles. The van der Waals surface area contributed by atoms with Gasteiger partial charge < -0.3 is 14.2 Å². The number of hydrogen-bond acceptors (Lipinski definition) is 6. The van der Waals surface area contributed by atoms with E-state index in [0.29, 0.717) is 30.5 Å². The minimum atomic E-state index is -0.527. The maximum atomic E-state index is 12.4. The van der Waals surface area contributed by atoms with Gasteiger partial charge in [0.1, 0.15) is 25.1 Å². The Bertz CT molecular complexity index is 847. The van der Waals surface area contributed by atoms with Crippen LogP contribution in [-0.4, -0.2) is 23.9 Å². The molecule has 2 aromatic carbocycles. The largest absolute Gasteiger partial charge is 0.486 e. The molecule has 0 aromatic heterocycles. The molecule has 0 N–H and O–H groups in total. The molecule has 7 heteroatoms. The molecule has 0 unspecified atom stereocenters. The molecule has 0 aliphatic carbocycles. The number of rotatable bonds is 2. The fourth-order valence-corrected chi connectivity index (χ4v) is 2.87. The van der Waals surface area contributed by atoms with E-state index in [1.54, 1.807) is 6.07 Å². The summed E-state index contributed by atoms with van der Waals surface area (Å²) in [5, 5.41) is 10.8. The van der Waals surface area contributed by atoms with Gasteiger partial charge in [0.15, 0.2) is 17.3 Å². The average Bonchev–Trinajstić information content (AvgIpc) is 2.61. The fraction of sp³-hybridized carbons (Fsp3) is 0.235. The van der Waals surface area contributed by atoms with Crippen LogP contribution in [0.3, 0.4) is 0 Å². The molecular formula is C17H13NO6. The number of carbonyl (C=O) groups excluding carboxylic acids is 1. The van der Waals surface area contributed by atoms with Gasteiger partial charge in [0.05, 0.1) is 16.9 Å². The predicted octanol–water partition coefficient (Wildman–Crippen LogP) is 3.07. The highest BCUT2D eigenvalue weighted by Gasteiger charge is 2.30. The summed E-state index contributed by atoms with van der Waals surface area (Å²) in [7, 11) is 0. The van der Waals surface area contributed by atoms with Crippen molar-refractivity contribution < 1.29 is 23.9 Å². The predicted molar refractivity (Wildman–Crippen MR) is 82.8 cm³/mol. The zero-order chi connectivity index (χ0) is 16.7. The summed E-state index contributed by atoms with van der Waals surface area (Å²) in [5.41, 5.74) is 0.929. The molecule has 0 spiro atoms. The van der Waals surface area contributed by atoms with Gasteiger partial charge in [-0.1, -0.05) is 6.07 Å². The standard InChI is InChI=1S/C17H13NO6/c19-13-9-16(10-1-3-15-17(7-10)23-6-5-22-15)24-14-4-2-11(18(20)21)8-12(13)14/h1-4,7-8,16H,5-6,9H2/t16-/m0/s1. The van der Waals surface area contributed by atoms with Gasteiger partial charge in [0.2, 0.25) is 0 Å². The van der Waals surface area contributed by atoms with E-state index in [2.05, 4.69) is 0 Å². The van der Waals surface area contributed by atoms with Crippen molar-refractivity contribution in [3.05, 3.63) is 57.6 Å². The van der Waals surface area contributed by atoms with Crippen molar-refractivity contribution in [3.8, 4) is 17.2 Å². The molecule has 2 aliphatic rings. The molecule has 0 saturated heterocycles. The van der Waals surface area contributed by atoms with Crippen LogP contribution in [0.1, 0.15) is 28.4 Å². The molecule has 2 aromatic rings. The highest BCUT2D eigenvalue weighted by Crippen LogP contribution is 2.39. The number of nitrogens with zero attached hydrogens (tertiary/aromatic N) is 1. The monoisotopic (exact) mass is 327 g/mol. The maximum Gasteiger partial charge on any atom is 0.270 e. The fourth-order valence-electron chi connectivity index (χ4n) is 2.87. The van der Waals surface area contributed by atoms with Crippen LogP contribution in [0.25, 0.3) is 0 Å². The van der Waals surface area contributed by atoms with Crippen molar-refractivity contribution in [2.24, 2.45) is 0 Å². The Hall–Kier alpha value is -3.09. The number of benzene rings is 2. The molecule has 1 atom stereocenters. The first kappa shape index (κ1) is 14.5. The van der Waals surface area contributed by atoms with Gasteiger partial charge in [0, 0.05) is 12.1 Å². The Morgan fingerprint density at radius 1 is 1.00 bits per heavy atom. The number of ether oxygens (including phenoxy) is 3.